The lowest BCUT2D eigenvalue weighted by atomic mass is 9.94. The van der Waals surface area contributed by atoms with Gasteiger partial charge in [-0.05, 0) is 27.7 Å². The van der Waals surface area contributed by atoms with Gasteiger partial charge in [-0.3, -0.25) is 4.79 Å². The zero-order chi connectivity index (χ0) is 13.8. The van der Waals surface area contributed by atoms with Gasteiger partial charge in [0.25, 0.3) is 0 Å². The van der Waals surface area contributed by atoms with E-state index in [0.717, 1.165) is 12.4 Å². The van der Waals surface area contributed by atoms with Crippen molar-refractivity contribution < 1.29 is 9.90 Å². The van der Waals surface area contributed by atoms with E-state index in [1.165, 1.54) is 0 Å². The largest absolute Gasteiger partial charge is 0.481 e. The fourth-order valence-electron chi connectivity index (χ4n) is 1.32. The van der Waals surface area contributed by atoms with Gasteiger partial charge in [0.05, 0.1) is 5.41 Å². The Morgan fingerprint density at radius 2 is 1.89 bits per heavy atom. The van der Waals surface area contributed by atoms with Crippen molar-refractivity contribution in [1.29, 1.82) is 0 Å². The third-order valence-electron chi connectivity index (χ3n) is 2.49. The number of nitrogens with one attached hydrogen (secondary N) is 2. The maximum Gasteiger partial charge on any atom is 0.310 e. The summed E-state index contributed by atoms with van der Waals surface area (Å²) < 4.78 is 0. The number of nitrogens with zero attached hydrogens (tertiary/aromatic N) is 2. The molecule has 0 atom stereocenters. The van der Waals surface area contributed by atoms with Crippen LogP contribution in [0.5, 0.6) is 0 Å². The summed E-state index contributed by atoms with van der Waals surface area (Å²) in [5.41, 5.74) is -0.836. The molecule has 0 radical (unpaired) electrons. The SMILES string of the molecule is CCNc1cc(NCC(C)(C)C(=O)O)nc(C)n1. The van der Waals surface area contributed by atoms with E-state index in [1.807, 2.05) is 6.92 Å². The number of carbonyl (C=O) groups is 1. The molecule has 6 nitrogen and oxygen atoms in total. The van der Waals surface area contributed by atoms with Crippen LogP contribution in [0.4, 0.5) is 11.6 Å². The summed E-state index contributed by atoms with van der Waals surface area (Å²) in [4.78, 5) is 19.4. The minimum Gasteiger partial charge on any atom is -0.481 e. The molecular weight excluding hydrogens is 232 g/mol. The van der Waals surface area contributed by atoms with E-state index >= 15 is 0 Å². The molecule has 0 aliphatic heterocycles. The van der Waals surface area contributed by atoms with Crippen LogP contribution < -0.4 is 10.6 Å². The monoisotopic (exact) mass is 252 g/mol. The molecule has 1 aromatic heterocycles. The quantitative estimate of drug-likeness (QED) is 0.715. The Balaban J connectivity index is 2.76. The molecule has 0 unspecified atom stereocenters. The van der Waals surface area contributed by atoms with Crippen molar-refractivity contribution >= 4 is 17.6 Å². The van der Waals surface area contributed by atoms with Crippen molar-refractivity contribution in [2.45, 2.75) is 27.7 Å². The lowest BCUT2D eigenvalue weighted by Crippen LogP contribution is -2.32. The highest BCUT2D eigenvalue weighted by Gasteiger charge is 2.26. The van der Waals surface area contributed by atoms with E-state index < -0.39 is 11.4 Å². The standard InChI is InChI=1S/C12H20N4O2/c1-5-13-9-6-10(16-8(2)15-9)14-7-12(3,4)11(17)18/h6H,5,7H2,1-4H3,(H,17,18)(H2,13,14,15,16). The smallest absolute Gasteiger partial charge is 0.310 e. The molecule has 0 amide bonds. The van der Waals surface area contributed by atoms with Crippen molar-refractivity contribution in [3.8, 4) is 0 Å². The highest BCUT2D eigenvalue weighted by Crippen LogP contribution is 2.17. The summed E-state index contributed by atoms with van der Waals surface area (Å²) in [5.74, 6) is 1.17. The first-order chi connectivity index (χ1) is 8.35. The zero-order valence-electron chi connectivity index (χ0n) is 11.2. The van der Waals surface area contributed by atoms with Crippen molar-refractivity contribution in [2.75, 3.05) is 23.7 Å². The van der Waals surface area contributed by atoms with Gasteiger partial charge < -0.3 is 15.7 Å². The molecule has 1 aromatic rings. The first-order valence-corrected chi connectivity index (χ1v) is 5.92. The fourth-order valence-corrected chi connectivity index (χ4v) is 1.32. The first-order valence-electron chi connectivity index (χ1n) is 5.92. The van der Waals surface area contributed by atoms with E-state index in [1.54, 1.807) is 26.8 Å². The second-order valence-corrected chi connectivity index (χ2v) is 4.76. The van der Waals surface area contributed by atoms with E-state index in [9.17, 15) is 4.79 Å². The van der Waals surface area contributed by atoms with Crippen LogP contribution in [0.3, 0.4) is 0 Å². The van der Waals surface area contributed by atoms with Crippen molar-refractivity contribution in [1.82, 2.24) is 9.97 Å². The minimum atomic E-state index is -0.840. The third-order valence-corrected chi connectivity index (χ3v) is 2.49. The van der Waals surface area contributed by atoms with Crippen LogP contribution in [0.25, 0.3) is 0 Å². The first kappa shape index (κ1) is 14.2. The summed E-state index contributed by atoms with van der Waals surface area (Å²) in [7, 11) is 0. The predicted molar refractivity (Wildman–Crippen MR) is 70.8 cm³/mol. The van der Waals surface area contributed by atoms with E-state index in [4.69, 9.17) is 5.11 Å². The summed E-state index contributed by atoms with van der Waals surface area (Å²) in [6.45, 7) is 8.20. The van der Waals surface area contributed by atoms with E-state index in [-0.39, 0.29) is 0 Å². The number of rotatable bonds is 6. The molecule has 0 aliphatic rings. The Labute approximate surface area is 107 Å². The van der Waals surface area contributed by atoms with Crippen LogP contribution in [0.1, 0.15) is 26.6 Å². The number of aromatic nitrogens is 2. The second-order valence-electron chi connectivity index (χ2n) is 4.76. The van der Waals surface area contributed by atoms with Crippen LogP contribution in [0.2, 0.25) is 0 Å². The molecule has 0 saturated carbocycles. The topological polar surface area (TPSA) is 87.1 Å². The molecule has 1 heterocycles. The van der Waals surface area contributed by atoms with Gasteiger partial charge in [0.15, 0.2) is 0 Å². The molecule has 0 aliphatic carbocycles. The van der Waals surface area contributed by atoms with Crippen molar-refractivity contribution in [3.63, 3.8) is 0 Å². The summed E-state index contributed by atoms with van der Waals surface area (Å²) in [6.07, 6.45) is 0. The number of aliphatic carboxylic acids is 1. The Morgan fingerprint density at radius 3 is 2.39 bits per heavy atom. The molecular formula is C12H20N4O2. The van der Waals surface area contributed by atoms with Gasteiger partial charge in [0, 0.05) is 19.2 Å². The fraction of sp³-hybridized carbons (Fsp3) is 0.583. The molecule has 0 fully saturated rings. The van der Waals surface area contributed by atoms with Gasteiger partial charge in [0.2, 0.25) is 0 Å². The number of anilines is 2. The molecule has 3 N–H and O–H groups in total. The number of carboxylic acid groups (broad SMARTS) is 1. The number of carboxylic acids is 1. The molecule has 0 aromatic carbocycles. The molecule has 18 heavy (non-hydrogen) atoms. The second kappa shape index (κ2) is 5.66. The third kappa shape index (κ3) is 3.87. The minimum absolute atomic E-state index is 0.310. The average molecular weight is 252 g/mol. The predicted octanol–water partition coefficient (Wildman–Crippen LogP) is 1.74. The summed E-state index contributed by atoms with van der Waals surface area (Å²) >= 11 is 0. The number of hydrogen-bond acceptors (Lipinski definition) is 5. The Kier molecular flexibility index (Phi) is 4.47. The number of aryl methyl sites for hydroxylation is 1. The zero-order valence-corrected chi connectivity index (χ0v) is 11.2. The van der Waals surface area contributed by atoms with Crippen LogP contribution in [0.15, 0.2) is 6.07 Å². The summed E-state index contributed by atoms with van der Waals surface area (Å²) in [5, 5.41) is 15.2. The average Bonchev–Trinajstić information content (AvgIpc) is 2.26. The molecule has 0 spiro atoms. The molecule has 0 bridgehead atoms. The summed E-state index contributed by atoms with van der Waals surface area (Å²) in [6, 6.07) is 1.77. The van der Waals surface area contributed by atoms with Crippen LogP contribution >= 0.6 is 0 Å². The highest BCUT2D eigenvalue weighted by molar-refractivity contribution is 5.74. The molecule has 6 heteroatoms. The maximum atomic E-state index is 11.0. The van der Waals surface area contributed by atoms with Gasteiger partial charge >= 0.3 is 5.97 Å². The molecule has 0 saturated heterocycles. The number of hydrogen-bond donors (Lipinski definition) is 3. The lowest BCUT2D eigenvalue weighted by molar-refractivity contribution is -0.146. The van der Waals surface area contributed by atoms with Crippen LogP contribution in [-0.2, 0) is 4.79 Å². The van der Waals surface area contributed by atoms with Gasteiger partial charge in [-0.15, -0.1) is 0 Å². The maximum absolute atomic E-state index is 11.0. The Bertz CT molecular complexity index is 432. The van der Waals surface area contributed by atoms with Crippen molar-refractivity contribution in [3.05, 3.63) is 11.9 Å². The van der Waals surface area contributed by atoms with Gasteiger partial charge in [-0.25, -0.2) is 9.97 Å². The highest BCUT2D eigenvalue weighted by atomic mass is 16.4. The van der Waals surface area contributed by atoms with E-state index in [2.05, 4.69) is 20.6 Å². The molecule has 100 valence electrons. The normalized spacial score (nSPS) is 11.1. The lowest BCUT2D eigenvalue weighted by Gasteiger charge is -2.20. The van der Waals surface area contributed by atoms with E-state index in [0.29, 0.717) is 18.2 Å². The van der Waals surface area contributed by atoms with Crippen LogP contribution in [0, 0.1) is 12.3 Å². The Hall–Kier alpha value is -1.85. The van der Waals surface area contributed by atoms with Gasteiger partial charge in [-0.2, -0.15) is 0 Å². The van der Waals surface area contributed by atoms with Crippen molar-refractivity contribution in [2.24, 2.45) is 5.41 Å². The van der Waals surface area contributed by atoms with Gasteiger partial charge in [0.1, 0.15) is 17.5 Å². The van der Waals surface area contributed by atoms with Crippen LogP contribution in [-0.4, -0.2) is 34.1 Å². The Morgan fingerprint density at radius 1 is 1.33 bits per heavy atom. The van der Waals surface area contributed by atoms with Gasteiger partial charge in [-0.1, -0.05) is 0 Å². The molecule has 1 rings (SSSR count).